The number of halogens is 2. The molecule has 0 aliphatic carbocycles. The Morgan fingerprint density at radius 2 is 2.04 bits per heavy atom. The molecule has 0 atom stereocenters. The first-order chi connectivity index (χ1) is 12.5. The Hall–Kier alpha value is -3.43. The molecule has 0 bridgehead atoms. The van der Waals surface area contributed by atoms with Crippen LogP contribution in [0.5, 0.6) is 6.01 Å². The molecule has 4 rings (SSSR count). The highest BCUT2D eigenvalue weighted by Gasteiger charge is 2.32. The summed E-state index contributed by atoms with van der Waals surface area (Å²) in [5.74, 6) is -3.88. The van der Waals surface area contributed by atoms with Crippen LogP contribution in [0, 0.1) is 0 Å². The van der Waals surface area contributed by atoms with Crippen LogP contribution in [0.2, 0.25) is 0 Å². The maximum absolute atomic E-state index is 13.2. The van der Waals surface area contributed by atoms with Crippen molar-refractivity contribution in [1.29, 1.82) is 0 Å². The minimum absolute atomic E-state index is 0.0475. The van der Waals surface area contributed by atoms with Gasteiger partial charge in [0.2, 0.25) is 5.82 Å². The molecule has 0 N–H and O–H groups in total. The molecule has 10 heteroatoms. The third kappa shape index (κ3) is 3.08. The Morgan fingerprint density at radius 3 is 2.77 bits per heavy atom. The number of alkyl halides is 2. The average Bonchev–Trinajstić information content (AvgIpc) is 3.29. The van der Waals surface area contributed by atoms with Crippen LogP contribution >= 0.6 is 0 Å². The molecule has 0 fully saturated rings. The van der Waals surface area contributed by atoms with Crippen molar-refractivity contribution in [3.8, 4) is 17.4 Å². The lowest BCUT2D eigenvalue weighted by molar-refractivity contribution is -0.0158. The summed E-state index contributed by atoms with van der Waals surface area (Å²) >= 11 is 0. The van der Waals surface area contributed by atoms with Crippen molar-refractivity contribution >= 4 is 5.65 Å². The smallest absolute Gasteiger partial charge is 0.322 e. The number of fused-ring (bicyclic) bond motifs is 1. The molecule has 0 aliphatic rings. The van der Waals surface area contributed by atoms with Crippen molar-refractivity contribution in [1.82, 2.24) is 29.5 Å². The van der Waals surface area contributed by atoms with Gasteiger partial charge in [0, 0.05) is 37.3 Å². The van der Waals surface area contributed by atoms with Crippen LogP contribution in [0.15, 0.2) is 47.5 Å². The summed E-state index contributed by atoms with van der Waals surface area (Å²) in [5.41, 5.74) is 1.80. The molecule has 4 heterocycles. The predicted molar refractivity (Wildman–Crippen MR) is 84.4 cm³/mol. The normalized spacial score (nSPS) is 11.8. The summed E-state index contributed by atoms with van der Waals surface area (Å²) in [7, 11) is 0. The van der Waals surface area contributed by atoms with Crippen molar-refractivity contribution < 1.29 is 18.0 Å². The summed E-state index contributed by atoms with van der Waals surface area (Å²) in [5, 5.41) is 3.55. The summed E-state index contributed by atoms with van der Waals surface area (Å²) in [6.45, 7) is 0.868. The number of ether oxygens (including phenoxy) is 1. The molecule has 0 spiro atoms. The highest BCUT2D eigenvalue weighted by Crippen LogP contribution is 2.27. The van der Waals surface area contributed by atoms with Crippen molar-refractivity contribution in [3.63, 3.8) is 0 Å². The van der Waals surface area contributed by atoms with Gasteiger partial charge in [-0.25, -0.2) is 9.97 Å². The molecule has 0 amide bonds. The van der Waals surface area contributed by atoms with Crippen molar-refractivity contribution in [2.24, 2.45) is 0 Å². The van der Waals surface area contributed by atoms with Crippen LogP contribution in [0.3, 0.4) is 0 Å². The average molecular weight is 358 g/mol. The zero-order valence-corrected chi connectivity index (χ0v) is 13.5. The van der Waals surface area contributed by atoms with E-state index in [4.69, 9.17) is 4.74 Å². The topological polar surface area (TPSA) is 91.2 Å². The standard InChI is InChI=1S/C16H12F2N6O2/c1-16(17,18)14-22-13(23-26-14)10-2-3-11(21-8-10)9-25-15-20-5-4-12-19-6-7-24(12)15/h2-8H,9H2,1H3. The van der Waals surface area contributed by atoms with Crippen molar-refractivity contribution in [2.45, 2.75) is 19.5 Å². The number of hydrogen-bond acceptors (Lipinski definition) is 7. The second-order valence-corrected chi connectivity index (χ2v) is 5.52. The van der Waals surface area contributed by atoms with E-state index in [2.05, 4.69) is 29.6 Å². The van der Waals surface area contributed by atoms with E-state index in [-0.39, 0.29) is 12.4 Å². The first kappa shape index (κ1) is 16.1. The van der Waals surface area contributed by atoms with E-state index in [1.54, 1.807) is 41.2 Å². The summed E-state index contributed by atoms with van der Waals surface area (Å²) in [6, 6.07) is 5.49. The van der Waals surface area contributed by atoms with E-state index in [0.717, 1.165) is 5.65 Å². The second kappa shape index (κ2) is 6.14. The van der Waals surface area contributed by atoms with Crippen LogP contribution in [0.1, 0.15) is 18.5 Å². The van der Waals surface area contributed by atoms with Gasteiger partial charge in [0.15, 0.2) is 0 Å². The second-order valence-electron chi connectivity index (χ2n) is 5.52. The van der Waals surface area contributed by atoms with Crippen molar-refractivity contribution in [3.05, 3.63) is 54.6 Å². The lowest BCUT2D eigenvalue weighted by Crippen LogP contribution is -2.07. The largest absolute Gasteiger partial charge is 0.458 e. The van der Waals surface area contributed by atoms with E-state index in [0.29, 0.717) is 24.2 Å². The predicted octanol–water partition coefficient (Wildman–Crippen LogP) is 2.87. The summed E-state index contributed by atoms with van der Waals surface area (Å²) in [6.07, 6.45) is 6.46. The Bertz CT molecular complexity index is 1040. The van der Waals surface area contributed by atoms with Crippen LogP contribution in [0.25, 0.3) is 17.0 Å². The maximum atomic E-state index is 13.2. The maximum Gasteiger partial charge on any atom is 0.322 e. The van der Waals surface area contributed by atoms with Gasteiger partial charge in [-0.1, -0.05) is 5.16 Å². The lowest BCUT2D eigenvalue weighted by atomic mass is 10.2. The van der Waals surface area contributed by atoms with Crippen LogP contribution in [-0.4, -0.2) is 29.5 Å². The van der Waals surface area contributed by atoms with Crippen LogP contribution in [-0.2, 0) is 12.5 Å². The molecule has 0 saturated heterocycles. The monoisotopic (exact) mass is 358 g/mol. The molecule has 0 radical (unpaired) electrons. The van der Waals surface area contributed by atoms with E-state index in [1.165, 1.54) is 6.20 Å². The van der Waals surface area contributed by atoms with Gasteiger partial charge in [0.05, 0.1) is 5.69 Å². The Balaban J connectivity index is 1.48. The molecule has 0 aromatic carbocycles. The van der Waals surface area contributed by atoms with E-state index in [9.17, 15) is 8.78 Å². The number of imidazole rings is 1. The third-order valence-electron chi connectivity index (χ3n) is 3.52. The number of aromatic nitrogens is 6. The quantitative estimate of drug-likeness (QED) is 0.542. The minimum atomic E-state index is -3.19. The van der Waals surface area contributed by atoms with Crippen LogP contribution in [0.4, 0.5) is 8.78 Å². The highest BCUT2D eigenvalue weighted by molar-refractivity contribution is 5.52. The van der Waals surface area contributed by atoms with Gasteiger partial charge in [-0.05, 0) is 18.2 Å². The van der Waals surface area contributed by atoms with E-state index >= 15 is 0 Å². The number of rotatable bonds is 5. The van der Waals surface area contributed by atoms with Crippen molar-refractivity contribution in [2.75, 3.05) is 0 Å². The van der Waals surface area contributed by atoms with E-state index < -0.39 is 11.8 Å². The third-order valence-corrected chi connectivity index (χ3v) is 3.52. The molecule has 132 valence electrons. The Kier molecular flexibility index (Phi) is 3.79. The van der Waals surface area contributed by atoms with Gasteiger partial charge in [-0.3, -0.25) is 9.38 Å². The SMILES string of the molecule is CC(F)(F)c1nc(-c2ccc(COc3nccc4nccn34)nc2)no1. The van der Waals surface area contributed by atoms with Gasteiger partial charge in [0.1, 0.15) is 12.3 Å². The van der Waals surface area contributed by atoms with Gasteiger partial charge in [-0.2, -0.15) is 13.8 Å². The Morgan fingerprint density at radius 1 is 1.15 bits per heavy atom. The number of nitrogens with zero attached hydrogens (tertiary/aromatic N) is 6. The van der Waals surface area contributed by atoms with Crippen LogP contribution < -0.4 is 4.74 Å². The number of hydrogen-bond donors (Lipinski definition) is 0. The van der Waals surface area contributed by atoms with Gasteiger partial charge in [-0.15, -0.1) is 0 Å². The highest BCUT2D eigenvalue weighted by atomic mass is 19.3. The summed E-state index contributed by atoms with van der Waals surface area (Å²) in [4.78, 5) is 16.2. The van der Waals surface area contributed by atoms with Gasteiger partial charge in [0.25, 0.3) is 5.89 Å². The first-order valence-electron chi connectivity index (χ1n) is 7.59. The molecule has 0 aliphatic heterocycles. The number of pyridine rings is 1. The fourth-order valence-electron chi connectivity index (χ4n) is 2.24. The molecule has 4 aromatic heterocycles. The molecule has 0 saturated carbocycles. The fraction of sp³-hybridized carbons (Fsp3) is 0.188. The zero-order chi connectivity index (χ0) is 18.1. The summed E-state index contributed by atoms with van der Waals surface area (Å²) < 4.78 is 38.3. The lowest BCUT2D eigenvalue weighted by Gasteiger charge is -2.06. The van der Waals surface area contributed by atoms with E-state index in [1.807, 2.05) is 0 Å². The molecular formula is C16H12F2N6O2. The fourth-order valence-corrected chi connectivity index (χ4v) is 2.24. The molecular weight excluding hydrogens is 346 g/mol. The zero-order valence-electron chi connectivity index (χ0n) is 13.5. The first-order valence-corrected chi connectivity index (χ1v) is 7.59. The molecule has 8 nitrogen and oxygen atoms in total. The minimum Gasteiger partial charge on any atom is -0.458 e. The van der Waals surface area contributed by atoms with Gasteiger partial charge < -0.3 is 9.26 Å². The molecule has 4 aromatic rings. The Labute approximate surface area is 145 Å². The van der Waals surface area contributed by atoms with Gasteiger partial charge >= 0.3 is 11.9 Å². The molecule has 0 unspecified atom stereocenters. The molecule has 26 heavy (non-hydrogen) atoms.